The van der Waals surface area contributed by atoms with Gasteiger partial charge in [0.1, 0.15) is 12.4 Å². The summed E-state index contributed by atoms with van der Waals surface area (Å²) in [6.07, 6.45) is -4.37. The molecule has 0 bridgehead atoms. The molecule has 0 unspecified atom stereocenters. The van der Waals surface area contributed by atoms with Crippen LogP contribution in [-0.4, -0.2) is 32.1 Å². The number of rotatable bonds is 4. The zero-order valence-corrected chi connectivity index (χ0v) is 9.21. The molecule has 0 atom stereocenters. The van der Waals surface area contributed by atoms with Gasteiger partial charge in [-0.25, -0.2) is 0 Å². The minimum absolute atomic E-state index is 0.114. The Morgan fingerprint density at radius 2 is 1.81 bits per heavy atom. The van der Waals surface area contributed by atoms with Crippen molar-refractivity contribution in [2.24, 2.45) is 0 Å². The topological polar surface area (TPSA) is 12.5 Å². The van der Waals surface area contributed by atoms with Crippen LogP contribution in [0.25, 0.3) is 0 Å². The molecule has 0 aliphatic carbocycles. The number of likely N-dealkylation sites (N-methyl/N-ethyl adjacent to an activating group) is 1. The summed E-state index contributed by atoms with van der Waals surface area (Å²) in [6, 6.07) is 5.23. The SMILES string of the molecule is CN(C)CCOc1ccccc1C(F)(F)F. The lowest BCUT2D eigenvalue weighted by atomic mass is 10.2. The van der Waals surface area contributed by atoms with Gasteiger partial charge in [-0.05, 0) is 26.2 Å². The van der Waals surface area contributed by atoms with E-state index in [1.54, 1.807) is 0 Å². The Morgan fingerprint density at radius 1 is 1.19 bits per heavy atom. The fourth-order valence-electron chi connectivity index (χ4n) is 1.16. The van der Waals surface area contributed by atoms with Crippen LogP contribution in [0, 0.1) is 0 Å². The Hall–Kier alpha value is -1.23. The second-order valence-electron chi connectivity index (χ2n) is 3.65. The Balaban J connectivity index is 2.72. The molecule has 0 aliphatic rings. The second kappa shape index (κ2) is 5.21. The molecule has 5 heteroatoms. The van der Waals surface area contributed by atoms with Crippen molar-refractivity contribution in [2.75, 3.05) is 27.2 Å². The lowest BCUT2D eigenvalue weighted by Crippen LogP contribution is -2.20. The first kappa shape index (κ1) is 12.8. The highest BCUT2D eigenvalue weighted by Crippen LogP contribution is 2.35. The van der Waals surface area contributed by atoms with E-state index in [1.807, 2.05) is 19.0 Å². The molecule has 1 rings (SSSR count). The van der Waals surface area contributed by atoms with E-state index in [-0.39, 0.29) is 12.4 Å². The van der Waals surface area contributed by atoms with Crippen LogP contribution in [0.4, 0.5) is 13.2 Å². The molecule has 0 saturated heterocycles. The number of benzene rings is 1. The van der Waals surface area contributed by atoms with Gasteiger partial charge < -0.3 is 9.64 Å². The summed E-state index contributed by atoms with van der Waals surface area (Å²) >= 11 is 0. The third-order valence-corrected chi connectivity index (χ3v) is 1.99. The number of halogens is 3. The molecule has 0 amide bonds. The van der Waals surface area contributed by atoms with E-state index in [2.05, 4.69) is 0 Å². The van der Waals surface area contributed by atoms with E-state index < -0.39 is 11.7 Å². The third kappa shape index (κ3) is 3.73. The fourth-order valence-corrected chi connectivity index (χ4v) is 1.16. The Bertz CT molecular complexity index is 336. The standard InChI is InChI=1S/C11H14F3NO/c1-15(2)7-8-16-10-6-4-3-5-9(10)11(12,13)14/h3-6H,7-8H2,1-2H3. The van der Waals surface area contributed by atoms with Crippen molar-refractivity contribution in [3.63, 3.8) is 0 Å². The van der Waals surface area contributed by atoms with Gasteiger partial charge in [-0.15, -0.1) is 0 Å². The number of hydrogen-bond donors (Lipinski definition) is 0. The van der Waals surface area contributed by atoms with Crippen molar-refractivity contribution in [1.29, 1.82) is 0 Å². The summed E-state index contributed by atoms with van der Waals surface area (Å²) in [5, 5.41) is 0. The average Bonchev–Trinajstić information content (AvgIpc) is 2.16. The quantitative estimate of drug-likeness (QED) is 0.792. The zero-order chi connectivity index (χ0) is 12.2. The molecule has 0 spiro atoms. The molecule has 0 N–H and O–H groups in total. The minimum Gasteiger partial charge on any atom is -0.492 e. The van der Waals surface area contributed by atoms with Crippen molar-refractivity contribution < 1.29 is 17.9 Å². The van der Waals surface area contributed by atoms with Crippen LogP contribution < -0.4 is 4.74 Å². The third-order valence-electron chi connectivity index (χ3n) is 1.99. The lowest BCUT2D eigenvalue weighted by molar-refractivity contribution is -0.139. The molecular formula is C11H14F3NO. The van der Waals surface area contributed by atoms with Crippen LogP contribution in [0.3, 0.4) is 0 Å². The highest BCUT2D eigenvalue weighted by Gasteiger charge is 2.33. The summed E-state index contributed by atoms with van der Waals surface area (Å²) in [6.45, 7) is 0.812. The summed E-state index contributed by atoms with van der Waals surface area (Å²) in [5.74, 6) is -0.114. The van der Waals surface area contributed by atoms with E-state index in [4.69, 9.17) is 4.74 Å². The average molecular weight is 233 g/mol. The fraction of sp³-hybridized carbons (Fsp3) is 0.455. The largest absolute Gasteiger partial charge is 0.492 e. The molecule has 1 aromatic carbocycles. The second-order valence-corrected chi connectivity index (χ2v) is 3.65. The summed E-state index contributed by atoms with van der Waals surface area (Å²) in [4.78, 5) is 1.84. The van der Waals surface area contributed by atoms with Crippen molar-refractivity contribution in [3.05, 3.63) is 29.8 Å². The van der Waals surface area contributed by atoms with Crippen LogP contribution in [0.15, 0.2) is 24.3 Å². The van der Waals surface area contributed by atoms with Crippen LogP contribution in [0.1, 0.15) is 5.56 Å². The van der Waals surface area contributed by atoms with Gasteiger partial charge in [-0.2, -0.15) is 13.2 Å². The maximum atomic E-state index is 12.5. The monoisotopic (exact) mass is 233 g/mol. The molecule has 2 nitrogen and oxygen atoms in total. The van der Waals surface area contributed by atoms with Gasteiger partial charge in [0.05, 0.1) is 5.56 Å². The van der Waals surface area contributed by atoms with Crippen LogP contribution >= 0.6 is 0 Å². The predicted molar refractivity (Wildman–Crippen MR) is 55.5 cm³/mol. The number of alkyl halides is 3. The normalized spacial score (nSPS) is 11.9. The van der Waals surface area contributed by atoms with E-state index in [0.29, 0.717) is 6.54 Å². The highest BCUT2D eigenvalue weighted by molar-refractivity contribution is 5.35. The molecule has 0 aromatic heterocycles. The van der Waals surface area contributed by atoms with E-state index in [0.717, 1.165) is 6.07 Å². The molecular weight excluding hydrogens is 219 g/mol. The van der Waals surface area contributed by atoms with Crippen LogP contribution in [0.5, 0.6) is 5.75 Å². The van der Waals surface area contributed by atoms with Crippen molar-refractivity contribution in [1.82, 2.24) is 4.90 Å². The molecule has 0 radical (unpaired) electrons. The summed E-state index contributed by atoms with van der Waals surface area (Å²) in [7, 11) is 3.66. The van der Waals surface area contributed by atoms with Gasteiger partial charge in [-0.1, -0.05) is 12.1 Å². The van der Waals surface area contributed by atoms with Gasteiger partial charge in [0.15, 0.2) is 0 Å². The van der Waals surface area contributed by atoms with E-state index in [1.165, 1.54) is 18.2 Å². The zero-order valence-electron chi connectivity index (χ0n) is 9.21. The molecule has 0 saturated carbocycles. The molecule has 0 heterocycles. The molecule has 0 aliphatic heterocycles. The van der Waals surface area contributed by atoms with E-state index >= 15 is 0 Å². The predicted octanol–water partition coefficient (Wildman–Crippen LogP) is 2.65. The molecule has 1 aromatic rings. The van der Waals surface area contributed by atoms with Crippen molar-refractivity contribution in [3.8, 4) is 5.75 Å². The summed E-state index contributed by atoms with van der Waals surface area (Å²) < 4.78 is 42.7. The Morgan fingerprint density at radius 3 is 2.38 bits per heavy atom. The summed E-state index contributed by atoms with van der Waals surface area (Å²) in [5.41, 5.74) is -0.728. The molecule has 0 fully saturated rings. The van der Waals surface area contributed by atoms with E-state index in [9.17, 15) is 13.2 Å². The Labute approximate surface area is 92.6 Å². The van der Waals surface area contributed by atoms with Crippen LogP contribution in [0.2, 0.25) is 0 Å². The number of ether oxygens (including phenoxy) is 1. The molecule has 90 valence electrons. The van der Waals surface area contributed by atoms with Gasteiger partial charge in [-0.3, -0.25) is 0 Å². The van der Waals surface area contributed by atoms with Crippen molar-refractivity contribution in [2.45, 2.75) is 6.18 Å². The first-order valence-electron chi connectivity index (χ1n) is 4.85. The van der Waals surface area contributed by atoms with Crippen molar-refractivity contribution >= 4 is 0 Å². The minimum atomic E-state index is -4.37. The Kier molecular flexibility index (Phi) is 4.18. The maximum absolute atomic E-state index is 12.5. The first-order valence-corrected chi connectivity index (χ1v) is 4.85. The highest BCUT2D eigenvalue weighted by atomic mass is 19.4. The molecule has 16 heavy (non-hydrogen) atoms. The van der Waals surface area contributed by atoms with Gasteiger partial charge >= 0.3 is 6.18 Å². The van der Waals surface area contributed by atoms with Gasteiger partial charge in [0.2, 0.25) is 0 Å². The maximum Gasteiger partial charge on any atom is 0.419 e. The number of hydrogen-bond acceptors (Lipinski definition) is 2. The number of para-hydroxylation sites is 1. The lowest BCUT2D eigenvalue weighted by Gasteiger charge is -2.15. The van der Waals surface area contributed by atoms with Gasteiger partial charge in [0, 0.05) is 6.54 Å². The number of nitrogens with zero attached hydrogens (tertiary/aromatic N) is 1. The van der Waals surface area contributed by atoms with Gasteiger partial charge in [0.25, 0.3) is 0 Å². The van der Waals surface area contributed by atoms with Crippen LogP contribution in [-0.2, 0) is 6.18 Å². The first-order chi connectivity index (χ1) is 7.41. The smallest absolute Gasteiger partial charge is 0.419 e.